The Balaban J connectivity index is 1.62. The lowest BCUT2D eigenvalue weighted by molar-refractivity contribution is -0.128. The van der Waals surface area contributed by atoms with Gasteiger partial charge in [-0.05, 0) is 55.5 Å². The quantitative estimate of drug-likeness (QED) is 0.844. The van der Waals surface area contributed by atoms with Crippen LogP contribution in [0.15, 0.2) is 54.6 Å². The van der Waals surface area contributed by atoms with Gasteiger partial charge in [-0.25, -0.2) is 0 Å². The number of rotatable bonds is 7. The van der Waals surface area contributed by atoms with Crippen molar-refractivity contribution in [3.63, 3.8) is 0 Å². The molecule has 2 aromatic rings. The van der Waals surface area contributed by atoms with Gasteiger partial charge in [0.1, 0.15) is 11.5 Å². The highest BCUT2D eigenvalue weighted by Gasteiger charge is 2.34. The van der Waals surface area contributed by atoms with Crippen LogP contribution in [0.25, 0.3) is 0 Å². The summed E-state index contributed by atoms with van der Waals surface area (Å²) in [6.45, 7) is 1.77. The molecule has 4 nitrogen and oxygen atoms in total. The van der Waals surface area contributed by atoms with Crippen LogP contribution in [0.4, 0.5) is 0 Å². The molecule has 2 atom stereocenters. The van der Waals surface area contributed by atoms with Crippen molar-refractivity contribution in [2.24, 2.45) is 5.92 Å². The highest BCUT2D eigenvalue weighted by molar-refractivity contribution is 5.81. The number of carbonyl (C=O) groups excluding carboxylic acids is 1. The Morgan fingerprint density at radius 1 is 1.04 bits per heavy atom. The van der Waals surface area contributed by atoms with Crippen molar-refractivity contribution < 1.29 is 14.3 Å². The van der Waals surface area contributed by atoms with E-state index in [0.29, 0.717) is 11.7 Å². The van der Waals surface area contributed by atoms with Crippen LogP contribution in [-0.2, 0) is 4.79 Å². The fourth-order valence-electron chi connectivity index (χ4n) is 2.75. The van der Waals surface area contributed by atoms with Gasteiger partial charge in [-0.2, -0.15) is 0 Å². The summed E-state index contributed by atoms with van der Waals surface area (Å²) in [5.74, 6) is 1.86. The summed E-state index contributed by atoms with van der Waals surface area (Å²) in [5, 5.41) is 3.15. The Bertz CT molecular complexity index is 665. The van der Waals surface area contributed by atoms with Crippen molar-refractivity contribution in [2.75, 3.05) is 7.11 Å². The van der Waals surface area contributed by atoms with E-state index in [1.165, 1.54) is 0 Å². The van der Waals surface area contributed by atoms with Crippen LogP contribution >= 0.6 is 0 Å². The molecule has 126 valence electrons. The first-order valence-electron chi connectivity index (χ1n) is 8.33. The van der Waals surface area contributed by atoms with Gasteiger partial charge in [-0.3, -0.25) is 4.79 Å². The Kier molecular flexibility index (Phi) is 5.04. The fraction of sp³-hybridized carbons (Fsp3) is 0.350. The highest BCUT2D eigenvalue weighted by atomic mass is 16.5. The fourth-order valence-corrected chi connectivity index (χ4v) is 2.75. The lowest BCUT2D eigenvalue weighted by Gasteiger charge is -2.22. The lowest BCUT2D eigenvalue weighted by Crippen LogP contribution is -2.39. The minimum absolute atomic E-state index is 0.0700. The van der Waals surface area contributed by atoms with Crippen molar-refractivity contribution in [1.29, 1.82) is 0 Å². The number of amides is 1. The van der Waals surface area contributed by atoms with Gasteiger partial charge < -0.3 is 14.8 Å². The van der Waals surface area contributed by atoms with Gasteiger partial charge in [-0.1, -0.05) is 30.3 Å². The molecule has 0 bridgehead atoms. The molecule has 0 spiro atoms. The molecule has 0 aromatic heterocycles. The Morgan fingerprint density at radius 3 is 2.25 bits per heavy atom. The monoisotopic (exact) mass is 325 g/mol. The molecule has 0 radical (unpaired) electrons. The van der Waals surface area contributed by atoms with Crippen LogP contribution in [0.3, 0.4) is 0 Å². The lowest BCUT2D eigenvalue weighted by atomic mass is 10.0. The van der Waals surface area contributed by atoms with Crippen LogP contribution in [0.1, 0.15) is 31.4 Å². The van der Waals surface area contributed by atoms with E-state index in [1.807, 2.05) is 30.3 Å². The Morgan fingerprint density at radius 2 is 1.67 bits per heavy atom. The molecule has 1 aliphatic carbocycles. The molecular formula is C20H23NO3. The van der Waals surface area contributed by atoms with Crippen LogP contribution in [-0.4, -0.2) is 19.1 Å². The molecule has 1 aliphatic rings. The zero-order valence-electron chi connectivity index (χ0n) is 14.1. The standard InChI is InChI=1S/C20H23NO3/c1-14(24-18-12-10-17(23-2)11-13-18)20(22)21-19(16-8-9-16)15-6-4-3-5-7-15/h3-7,10-14,16,19H,8-9H2,1-2H3,(H,21,22). The predicted molar refractivity (Wildman–Crippen MR) is 93.1 cm³/mol. The third-order valence-electron chi connectivity index (χ3n) is 4.29. The number of benzene rings is 2. The number of hydrogen-bond acceptors (Lipinski definition) is 3. The smallest absolute Gasteiger partial charge is 0.261 e. The Labute approximate surface area is 142 Å². The molecule has 4 heteroatoms. The van der Waals surface area contributed by atoms with Crippen molar-refractivity contribution >= 4 is 5.91 Å². The summed E-state index contributed by atoms with van der Waals surface area (Å²) >= 11 is 0. The number of carbonyl (C=O) groups is 1. The average molecular weight is 325 g/mol. The maximum Gasteiger partial charge on any atom is 0.261 e. The zero-order valence-corrected chi connectivity index (χ0v) is 14.1. The maximum absolute atomic E-state index is 12.5. The van der Waals surface area contributed by atoms with Gasteiger partial charge in [0.15, 0.2) is 6.10 Å². The molecule has 24 heavy (non-hydrogen) atoms. The minimum atomic E-state index is -0.552. The molecule has 2 unspecified atom stereocenters. The van der Waals surface area contributed by atoms with Gasteiger partial charge in [0.25, 0.3) is 5.91 Å². The summed E-state index contributed by atoms with van der Waals surface area (Å²) in [6, 6.07) is 17.5. The second-order valence-electron chi connectivity index (χ2n) is 6.17. The van der Waals surface area contributed by atoms with Gasteiger partial charge >= 0.3 is 0 Å². The molecule has 1 fully saturated rings. The maximum atomic E-state index is 12.5. The van der Waals surface area contributed by atoms with Crippen LogP contribution in [0.5, 0.6) is 11.5 Å². The number of methoxy groups -OCH3 is 1. The number of ether oxygens (including phenoxy) is 2. The van der Waals surface area contributed by atoms with Crippen LogP contribution in [0.2, 0.25) is 0 Å². The van der Waals surface area contributed by atoms with Crippen molar-refractivity contribution in [1.82, 2.24) is 5.32 Å². The van der Waals surface area contributed by atoms with E-state index in [-0.39, 0.29) is 11.9 Å². The summed E-state index contributed by atoms with van der Waals surface area (Å²) in [6.07, 6.45) is 1.77. The van der Waals surface area contributed by atoms with E-state index in [0.717, 1.165) is 24.2 Å². The predicted octanol–water partition coefficient (Wildman–Crippen LogP) is 3.73. The van der Waals surface area contributed by atoms with E-state index in [9.17, 15) is 4.79 Å². The van der Waals surface area contributed by atoms with Crippen LogP contribution < -0.4 is 14.8 Å². The van der Waals surface area contributed by atoms with Crippen molar-refractivity contribution in [3.8, 4) is 11.5 Å². The molecule has 0 aliphatic heterocycles. The van der Waals surface area contributed by atoms with Crippen LogP contribution in [0, 0.1) is 5.92 Å². The molecule has 2 aromatic carbocycles. The molecule has 3 rings (SSSR count). The van der Waals surface area contributed by atoms with Gasteiger partial charge in [0, 0.05) is 0 Å². The first-order chi connectivity index (χ1) is 11.7. The normalized spacial score (nSPS) is 16.1. The van der Waals surface area contributed by atoms with E-state index in [1.54, 1.807) is 26.2 Å². The topological polar surface area (TPSA) is 47.6 Å². The second-order valence-corrected chi connectivity index (χ2v) is 6.17. The molecule has 0 heterocycles. The third kappa shape index (κ3) is 4.07. The minimum Gasteiger partial charge on any atom is -0.497 e. The van der Waals surface area contributed by atoms with Gasteiger partial charge in [0.2, 0.25) is 0 Å². The molecule has 1 N–H and O–H groups in total. The molecule has 0 saturated heterocycles. The van der Waals surface area contributed by atoms with E-state index in [2.05, 4.69) is 17.4 Å². The van der Waals surface area contributed by atoms with Crippen molar-refractivity contribution in [2.45, 2.75) is 31.9 Å². The first kappa shape index (κ1) is 16.4. The van der Waals surface area contributed by atoms with Gasteiger partial charge in [0.05, 0.1) is 13.2 Å². The van der Waals surface area contributed by atoms with Gasteiger partial charge in [-0.15, -0.1) is 0 Å². The van der Waals surface area contributed by atoms with E-state index < -0.39 is 6.10 Å². The zero-order chi connectivity index (χ0) is 16.9. The number of hydrogen-bond donors (Lipinski definition) is 1. The molecule has 1 amide bonds. The molecule has 1 saturated carbocycles. The summed E-state index contributed by atoms with van der Waals surface area (Å²) in [7, 11) is 1.62. The van der Waals surface area contributed by atoms with E-state index in [4.69, 9.17) is 9.47 Å². The van der Waals surface area contributed by atoms with Crippen molar-refractivity contribution in [3.05, 3.63) is 60.2 Å². The van der Waals surface area contributed by atoms with E-state index >= 15 is 0 Å². The summed E-state index contributed by atoms with van der Waals surface area (Å²) in [4.78, 5) is 12.5. The highest BCUT2D eigenvalue weighted by Crippen LogP contribution is 2.41. The summed E-state index contributed by atoms with van der Waals surface area (Å²) in [5.41, 5.74) is 1.16. The third-order valence-corrected chi connectivity index (χ3v) is 4.29. The second kappa shape index (κ2) is 7.39. The first-order valence-corrected chi connectivity index (χ1v) is 8.33. The average Bonchev–Trinajstić information content (AvgIpc) is 3.45. The largest absolute Gasteiger partial charge is 0.497 e. The Hall–Kier alpha value is -2.49. The summed E-state index contributed by atoms with van der Waals surface area (Å²) < 4.78 is 10.9. The number of nitrogens with one attached hydrogen (secondary N) is 1. The SMILES string of the molecule is COc1ccc(OC(C)C(=O)NC(c2ccccc2)C2CC2)cc1. The molecular weight excluding hydrogens is 302 g/mol.